The summed E-state index contributed by atoms with van der Waals surface area (Å²) < 4.78 is 0. The molecule has 1 aliphatic heterocycles. The molecule has 3 N–H and O–H groups in total. The SMILES string of the molecule is CC1=CCC(C)N(C(C)(N)C(C)CO)C=C1C. The molecule has 0 amide bonds. The number of aliphatic hydroxyl groups excluding tert-OH is 1. The van der Waals surface area contributed by atoms with Crippen LogP contribution in [0.25, 0.3) is 0 Å². The van der Waals surface area contributed by atoms with E-state index in [9.17, 15) is 5.11 Å². The van der Waals surface area contributed by atoms with Crippen LogP contribution in [-0.2, 0) is 0 Å². The van der Waals surface area contributed by atoms with Crippen molar-refractivity contribution in [3.63, 3.8) is 0 Å². The molecule has 0 bridgehead atoms. The molecule has 17 heavy (non-hydrogen) atoms. The molecule has 0 spiro atoms. The van der Waals surface area contributed by atoms with Crippen molar-refractivity contribution in [2.24, 2.45) is 11.7 Å². The second kappa shape index (κ2) is 5.23. The van der Waals surface area contributed by atoms with Crippen molar-refractivity contribution in [2.75, 3.05) is 6.61 Å². The Labute approximate surface area is 105 Å². The van der Waals surface area contributed by atoms with Crippen LogP contribution in [0.4, 0.5) is 0 Å². The lowest BCUT2D eigenvalue weighted by Gasteiger charge is -2.44. The van der Waals surface area contributed by atoms with Crippen LogP contribution in [0.1, 0.15) is 41.0 Å². The van der Waals surface area contributed by atoms with Gasteiger partial charge in [-0.2, -0.15) is 0 Å². The zero-order valence-electron chi connectivity index (χ0n) is 11.7. The lowest BCUT2D eigenvalue weighted by atomic mass is 9.94. The summed E-state index contributed by atoms with van der Waals surface area (Å²) >= 11 is 0. The minimum atomic E-state index is -0.520. The summed E-state index contributed by atoms with van der Waals surface area (Å²) in [5.41, 5.74) is 8.45. The molecular formula is C14H26N2O. The fourth-order valence-electron chi connectivity index (χ4n) is 2.11. The summed E-state index contributed by atoms with van der Waals surface area (Å²) in [6.07, 6.45) is 5.39. The van der Waals surface area contributed by atoms with Crippen LogP contribution in [0.5, 0.6) is 0 Å². The van der Waals surface area contributed by atoms with Crippen molar-refractivity contribution in [2.45, 2.75) is 52.7 Å². The van der Waals surface area contributed by atoms with E-state index in [1.807, 2.05) is 13.8 Å². The number of hydrogen-bond acceptors (Lipinski definition) is 3. The van der Waals surface area contributed by atoms with Gasteiger partial charge in [0.1, 0.15) is 0 Å². The first-order chi connectivity index (χ1) is 7.80. The molecule has 1 aliphatic rings. The molecule has 0 fully saturated rings. The van der Waals surface area contributed by atoms with Gasteiger partial charge in [0.05, 0.1) is 5.66 Å². The normalized spacial score (nSPS) is 26.8. The second-order valence-corrected chi connectivity index (χ2v) is 5.50. The molecule has 0 saturated carbocycles. The van der Waals surface area contributed by atoms with Crippen LogP contribution in [0, 0.1) is 5.92 Å². The molecule has 3 heteroatoms. The molecule has 0 aromatic heterocycles. The predicted molar refractivity (Wildman–Crippen MR) is 72.3 cm³/mol. The number of rotatable bonds is 3. The Balaban J connectivity index is 3.04. The molecule has 3 nitrogen and oxygen atoms in total. The van der Waals surface area contributed by atoms with E-state index in [1.165, 1.54) is 11.1 Å². The molecule has 3 unspecified atom stereocenters. The van der Waals surface area contributed by atoms with Crippen LogP contribution in [0.3, 0.4) is 0 Å². The van der Waals surface area contributed by atoms with Crippen LogP contribution in [-0.4, -0.2) is 28.3 Å². The highest BCUT2D eigenvalue weighted by atomic mass is 16.3. The van der Waals surface area contributed by atoms with Gasteiger partial charge in [-0.15, -0.1) is 0 Å². The summed E-state index contributed by atoms with van der Waals surface area (Å²) in [6.45, 7) is 10.5. The maximum Gasteiger partial charge on any atom is 0.0900 e. The van der Waals surface area contributed by atoms with E-state index in [0.717, 1.165) is 6.42 Å². The number of aliphatic hydroxyl groups is 1. The third-order valence-electron chi connectivity index (χ3n) is 4.02. The van der Waals surface area contributed by atoms with Gasteiger partial charge < -0.3 is 15.7 Å². The smallest absolute Gasteiger partial charge is 0.0900 e. The van der Waals surface area contributed by atoms with Gasteiger partial charge in [0.2, 0.25) is 0 Å². The molecule has 0 saturated heterocycles. The molecule has 1 rings (SSSR count). The summed E-state index contributed by atoms with van der Waals surface area (Å²) in [7, 11) is 0. The summed E-state index contributed by atoms with van der Waals surface area (Å²) in [5.74, 6) is 0.0346. The molecule has 0 radical (unpaired) electrons. The van der Waals surface area contributed by atoms with Gasteiger partial charge >= 0.3 is 0 Å². The average Bonchev–Trinajstić information content (AvgIpc) is 2.41. The van der Waals surface area contributed by atoms with Gasteiger partial charge in [0.15, 0.2) is 0 Å². The van der Waals surface area contributed by atoms with Gasteiger partial charge in [0, 0.05) is 24.8 Å². The van der Waals surface area contributed by atoms with E-state index < -0.39 is 5.66 Å². The molecule has 1 heterocycles. The Kier molecular flexibility index (Phi) is 4.39. The van der Waals surface area contributed by atoms with Gasteiger partial charge in [0.25, 0.3) is 0 Å². The summed E-state index contributed by atoms with van der Waals surface area (Å²) in [6, 6.07) is 0.353. The Morgan fingerprint density at radius 2 is 2.12 bits per heavy atom. The quantitative estimate of drug-likeness (QED) is 0.792. The molecule has 3 atom stereocenters. The van der Waals surface area contributed by atoms with Crippen molar-refractivity contribution >= 4 is 0 Å². The molecule has 98 valence electrons. The maximum atomic E-state index is 9.34. The van der Waals surface area contributed by atoms with Crippen molar-refractivity contribution in [1.82, 2.24) is 4.90 Å². The first-order valence-electron chi connectivity index (χ1n) is 6.34. The second-order valence-electron chi connectivity index (χ2n) is 5.50. The third kappa shape index (κ3) is 2.90. The Hall–Kier alpha value is -0.800. The van der Waals surface area contributed by atoms with Gasteiger partial charge in [-0.3, -0.25) is 0 Å². The van der Waals surface area contributed by atoms with E-state index in [4.69, 9.17) is 5.73 Å². The van der Waals surface area contributed by atoms with Crippen LogP contribution in [0.2, 0.25) is 0 Å². The molecule has 0 aliphatic carbocycles. The number of hydrogen-bond donors (Lipinski definition) is 2. The minimum Gasteiger partial charge on any atom is -0.396 e. The zero-order valence-corrected chi connectivity index (χ0v) is 11.7. The number of nitrogens with zero attached hydrogens (tertiary/aromatic N) is 1. The lowest BCUT2D eigenvalue weighted by Crippen LogP contribution is -2.59. The Morgan fingerprint density at radius 3 is 2.65 bits per heavy atom. The van der Waals surface area contributed by atoms with Gasteiger partial charge in [-0.1, -0.05) is 18.6 Å². The van der Waals surface area contributed by atoms with E-state index in [-0.39, 0.29) is 12.5 Å². The molecule has 0 aromatic rings. The van der Waals surface area contributed by atoms with E-state index in [1.54, 1.807) is 0 Å². The van der Waals surface area contributed by atoms with Gasteiger partial charge in [-0.05, 0) is 39.7 Å². The van der Waals surface area contributed by atoms with E-state index >= 15 is 0 Å². The average molecular weight is 238 g/mol. The summed E-state index contributed by atoms with van der Waals surface area (Å²) in [4.78, 5) is 2.19. The van der Waals surface area contributed by atoms with E-state index in [2.05, 4.69) is 37.9 Å². The fraction of sp³-hybridized carbons (Fsp3) is 0.714. The number of nitrogens with two attached hydrogens (primary N) is 1. The largest absolute Gasteiger partial charge is 0.396 e. The maximum absolute atomic E-state index is 9.34. The zero-order chi connectivity index (χ0) is 13.2. The van der Waals surface area contributed by atoms with Gasteiger partial charge in [-0.25, -0.2) is 0 Å². The predicted octanol–water partition coefficient (Wildman–Crippen LogP) is 2.23. The third-order valence-corrected chi connectivity index (χ3v) is 4.02. The monoisotopic (exact) mass is 238 g/mol. The van der Waals surface area contributed by atoms with Crippen LogP contribution < -0.4 is 5.73 Å². The first-order valence-corrected chi connectivity index (χ1v) is 6.34. The van der Waals surface area contributed by atoms with Crippen molar-refractivity contribution < 1.29 is 5.11 Å². The van der Waals surface area contributed by atoms with Crippen molar-refractivity contribution in [3.05, 3.63) is 23.4 Å². The van der Waals surface area contributed by atoms with E-state index in [0.29, 0.717) is 6.04 Å². The standard InChI is InChI=1S/C14H26N2O/c1-10-6-7-13(4)16(8-11(10)2)14(5,15)12(3)9-17/h6,8,12-13,17H,7,9,15H2,1-5H3. The highest BCUT2D eigenvalue weighted by Gasteiger charge is 2.34. The Bertz CT molecular complexity index is 331. The molecule has 0 aromatic carbocycles. The van der Waals surface area contributed by atoms with Crippen molar-refractivity contribution in [1.29, 1.82) is 0 Å². The summed E-state index contributed by atoms with van der Waals surface area (Å²) in [5, 5.41) is 9.34. The van der Waals surface area contributed by atoms with Crippen LogP contribution in [0.15, 0.2) is 23.4 Å². The fourth-order valence-corrected chi connectivity index (χ4v) is 2.11. The highest BCUT2D eigenvalue weighted by molar-refractivity contribution is 5.29. The lowest BCUT2D eigenvalue weighted by molar-refractivity contribution is 0.0429. The Morgan fingerprint density at radius 1 is 1.53 bits per heavy atom. The topological polar surface area (TPSA) is 49.5 Å². The minimum absolute atomic E-state index is 0.0346. The highest BCUT2D eigenvalue weighted by Crippen LogP contribution is 2.28. The molecular weight excluding hydrogens is 212 g/mol. The van der Waals surface area contributed by atoms with Crippen LogP contribution >= 0.6 is 0 Å². The number of allylic oxidation sites excluding steroid dienone is 2. The van der Waals surface area contributed by atoms with Crippen molar-refractivity contribution in [3.8, 4) is 0 Å². The first kappa shape index (κ1) is 14.3.